The molecule has 0 fully saturated rings. The van der Waals surface area contributed by atoms with Crippen LogP contribution in [0.25, 0.3) is 0 Å². The fraction of sp³-hybridized carbons (Fsp3) is 0.222. The van der Waals surface area contributed by atoms with E-state index in [1.807, 2.05) is 13.0 Å². The largest absolute Gasteiger partial charge is 0.467 e. The second-order valence-electron chi connectivity index (χ2n) is 3.16. The number of hydrogen-bond acceptors (Lipinski definition) is 9. The molecule has 0 saturated carbocycles. The Bertz CT molecular complexity index is 528. The van der Waals surface area contributed by atoms with Crippen LogP contribution < -0.4 is 16.0 Å². The summed E-state index contributed by atoms with van der Waals surface area (Å²) >= 11 is 1.20. The summed E-state index contributed by atoms with van der Waals surface area (Å²) in [6, 6.07) is 1.98. The van der Waals surface area contributed by atoms with Crippen LogP contribution in [0, 0.1) is 6.92 Å². The van der Waals surface area contributed by atoms with Gasteiger partial charge < -0.3 is 4.74 Å². The van der Waals surface area contributed by atoms with Gasteiger partial charge in [-0.3, -0.25) is 5.43 Å². The summed E-state index contributed by atoms with van der Waals surface area (Å²) in [6.45, 7) is 1.88. The molecule has 2 heterocycles. The van der Waals surface area contributed by atoms with Gasteiger partial charge in [-0.15, -0.1) is 0 Å². The highest BCUT2D eigenvalue weighted by molar-refractivity contribution is 7.99. The average Bonchev–Trinajstić information content (AvgIpc) is 2.38. The molecule has 0 amide bonds. The molecule has 0 aliphatic heterocycles. The zero-order chi connectivity index (χ0) is 13.0. The van der Waals surface area contributed by atoms with Crippen LogP contribution in [-0.4, -0.2) is 32.0 Å². The van der Waals surface area contributed by atoms with Gasteiger partial charge in [-0.2, -0.15) is 15.0 Å². The van der Waals surface area contributed by atoms with Crippen LogP contribution in [0.5, 0.6) is 6.01 Å². The zero-order valence-electron chi connectivity index (χ0n) is 9.78. The van der Waals surface area contributed by atoms with E-state index in [2.05, 4.69) is 30.3 Å². The van der Waals surface area contributed by atoms with Crippen molar-refractivity contribution >= 4 is 17.7 Å². The minimum atomic E-state index is 0.174. The molecule has 0 aromatic carbocycles. The Morgan fingerprint density at radius 2 is 2.06 bits per heavy atom. The van der Waals surface area contributed by atoms with E-state index in [9.17, 15) is 0 Å². The maximum Gasteiger partial charge on any atom is 0.322 e. The number of aryl methyl sites for hydroxylation is 1. The Morgan fingerprint density at radius 3 is 2.72 bits per heavy atom. The van der Waals surface area contributed by atoms with Crippen molar-refractivity contribution in [1.82, 2.24) is 24.9 Å². The molecule has 0 aliphatic carbocycles. The molecule has 9 heteroatoms. The number of hydrazine groups is 1. The van der Waals surface area contributed by atoms with Gasteiger partial charge in [0.05, 0.1) is 7.11 Å². The van der Waals surface area contributed by atoms with Gasteiger partial charge in [-0.25, -0.2) is 15.8 Å². The van der Waals surface area contributed by atoms with E-state index in [-0.39, 0.29) is 12.0 Å². The molecule has 2 rings (SSSR count). The van der Waals surface area contributed by atoms with E-state index in [0.29, 0.717) is 10.3 Å². The van der Waals surface area contributed by atoms with Crippen molar-refractivity contribution in [3.63, 3.8) is 0 Å². The molecule has 2 aromatic rings. The lowest BCUT2D eigenvalue weighted by Crippen LogP contribution is -2.12. The Morgan fingerprint density at radius 1 is 1.22 bits per heavy atom. The van der Waals surface area contributed by atoms with Crippen LogP contribution in [0.3, 0.4) is 0 Å². The van der Waals surface area contributed by atoms with Crippen molar-refractivity contribution < 1.29 is 4.74 Å². The van der Waals surface area contributed by atoms with Gasteiger partial charge in [0.2, 0.25) is 11.1 Å². The molecule has 0 radical (unpaired) electrons. The molecule has 0 saturated heterocycles. The number of ether oxygens (including phenoxy) is 1. The normalized spacial score (nSPS) is 10.2. The van der Waals surface area contributed by atoms with E-state index < -0.39 is 0 Å². The van der Waals surface area contributed by atoms with Gasteiger partial charge in [0.25, 0.3) is 0 Å². The van der Waals surface area contributed by atoms with E-state index >= 15 is 0 Å². The predicted octanol–water partition coefficient (Wildman–Crippen LogP) is 0.415. The summed E-state index contributed by atoms with van der Waals surface area (Å²) in [5.41, 5.74) is 3.21. The third kappa shape index (κ3) is 3.02. The Labute approximate surface area is 107 Å². The zero-order valence-corrected chi connectivity index (χ0v) is 10.6. The summed E-state index contributed by atoms with van der Waals surface area (Å²) in [4.78, 5) is 20.4. The van der Waals surface area contributed by atoms with Gasteiger partial charge >= 0.3 is 6.01 Å². The first-order valence-electron chi connectivity index (χ1n) is 4.95. The average molecular weight is 265 g/mol. The van der Waals surface area contributed by atoms with Crippen LogP contribution >= 0.6 is 11.8 Å². The second kappa shape index (κ2) is 5.56. The van der Waals surface area contributed by atoms with Crippen LogP contribution in [0.1, 0.15) is 5.69 Å². The molecule has 18 heavy (non-hydrogen) atoms. The van der Waals surface area contributed by atoms with Crippen LogP contribution in [-0.2, 0) is 0 Å². The number of nitrogens with one attached hydrogen (secondary N) is 1. The molecule has 0 unspecified atom stereocenters. The highest BCUT2D eigenvalue weighted by Crippen LogP contribution is 2.22. The van der Waals surface area contributed by atoms with Gasteiger partial charge in [0.1, 0.15) is 0 Å². The maximum atomic E-state index is 5.26. The molecule has 0 aliphatic rings. The molecule has 0 atom stereocenters. The number of nitrogens with two attached hydrogens (primary N) is 1. The molecule has 94 valence electrons. The monoisotopic (exact) mass is 265 g/mol. The molecule has 0 spiro atoms. The first-order chi connectivity index (χ1) is 8.71. The highest BCUT2D eigenvalue weighted by Gasteiger charge is 2.09. The molecule has 2 aromatic heterocycles. The molecular formula is C9H11N7OS. The van der Waals surface area contributed by atoms with E-state index in [0.717, 1.165) is 5.69 Å². The first kappa shape index (κ1) is 12.5. The lowest BCUT2D eigenvalue weighted by molar-refractivity contribution is 0.373. The summed E-state index contributed by atoms with van der Waals surface area (Å²) in [5.74, 6) is 5.48. The van der Waals surface area contributed by atoms with Crippen LogP contribution in [0.15, 0.2) is 22.6 Å². The summed E-state index contributed by atoms with van der Waals surface area (Å²) < 4.78 is 4.95. The van der Waals surface area contributed by atoms with Gasteiger partial charge in [0, 0.05) is 11.9 Å². The minimum Gasteiger partial charge on any atom is -0.467 e. The number of rotatable bonds is 4. The van der Waals surface area contributed by atoms with Crippen molar-refractivity contribution in [1.29, 1.82) is 0 Å². The third-order valence-corrected chi connectivity index (χ3v) is 2.61. The molecule has 0 bridgehead atoms. The van der Waals surface area contributed by atoms with E-state index in [1.54, 1.807) is 6.20 Å². The van der Waals surface area contributed by atoms with E-state index in [4.69, 9.17) is 10.6 Å². The standard InChI is InChI=1S/C9H11N7OS/c1-5-3-4-11-8(12-5)18-9-14-6(16-10)13-7(15-9)17-2/h3-4H,10H2,1-2H3,(H,13,14,15,16). The van der Waals surface area contributed by atoms with Crippen molar-refractivity contribution in [3.8, 4) is 6.01 Å². The number of hydrogen-bond donors (Lipinski definition) is 2. The maximum absolute atomic E-state index is 5.26. The third-order valence-electron chi connectivity index (χ3n) is 1.86. The van der Waals surface area contributed by atoms with Crippen molar-refractivity contribution in [2.75, 3.05) is 12.5 Å². The van der Waals surface area contributed by atoms with E-state index in [1.165, 1.54) is 18.9 Å². The second-order valence-corrected chi connectivity index (χ2v) is 4.09. The predicted molar refractivity (Wildman–Crippen MR) is 65.1 cm³/mol. The number of methoxy groups -OCH3 is 1. The molecular weight excluding hydrogens is 254 g/mol. The number of aromatic nitrogens is 5. The lowest BCUT2D eigenvalue weighted by Gasteiger charge is -2.04. The van der Waals surface area contributed by atoms with Crippen molar-refractivity contribution in [2.24, 2.45) is 5.84 Å². The van der Waals surface area contributed by atoms with Crippen LogP contribution in [0.2, 0.25) is 0 Å². The Balaban J connectivity index is 2.28. The number of nitrogens with zero attached hydrogens (tertiary/aromatic N) is 5. The van der Waals surface area contributed by atoms with Crippen molar-refractivity contribution in [3.05, 3.63) is 18.0 Å². The fourth-order valence-electron chi connectivity index (χ4n) is 1.10. The van der Waals surface area contributed by atoms with Gasteiger partial charge in [0.15, 0.2) is 5.16 Å². The SMILES string of the molecule is COc1nc(NN)nc(Sc2nccc(C)n2)n1. The fourth-order valence-corrected chi connectivity index (χ4v) is 1.82. The lowest BCUT2D eigenvalue weighted by atomic mass is 10.5. The quantitative estimate of drug-likeness (QED) is 0.461. The van der Waals surface area contributed by atoms with Crippen molar-refractivity contribution in [2.45, 2.75) is 17.2 Å². The topological polar surface area (TPSA) is 112 Å². The Hall–Kier alpha value is -2.00. The highest BCUT2D eigenvalue weighted by atomic mass is 32.2. The Kier molecular flexibility index (Phi) is 3.85. The smallest absolute Gasteiger partial charge is 0.322 e. The molecule has 8 nitrogen and oxygen atoms in total. The summed E-state index contributed by atoms with van der Waals surface area (Å²) in [7, 11) is 1.47. The number of nitrogen functional groups attached to an aromatic ring is 1. The number of anilines is 1. The summed E-state index contributed by atoms with van der Waals surface area (Å²) in [5, 5.41) is 0.951. The first-order valence-corrected chi connectivity index (χ1v) is 5.77. The van der Waals surface area contributed by atoms with Gasteiger partial charge in [-0.1, -0.05) is 0 Å². The summed E-state index contributed by atoms with van der Waals surface area (Å²) in [6.07, 6.45) is 1.67. The minimum absolute atomic E-state index is 0.174. The van der Waals surface area contributed by atoms with Gasteiger partial charge in [-0.05, 0) is 24.8 Å². The molecule has 3 N–H and O–H groups in total. The van der Waals surface area contributed by atoms with Crippen LogP contribution in [0.4, 0.5) is 5.95 Å².